The second-order valence-corrected chi connectivity index (χ2v) is 10.2. The number of halogens is 2. The molecule has 0 saturated carbocycles. The first kappa shape index (κ1) is 26.6. The third-order valence-corrected chi connectivity index (χ3v) is 7.79. The largest absolute Gasteiger partial charge is 0.497 e. The SMILES string of the molecule is COc1ccc(CCC2CN(C3=Nc4ccccc4Cc4sc(C)cc43)CCN2C)cc1.Cl.Cl. The zero-order valence-electron chi connectivity index (χ0n) is 20.0. The lowest BCUT2D eigenvalue weighted by Gasteiger charge is -2.41. The van der Waals surface area contributed by atoms with E-state index in [0.29, 0.717) is 6.04 Å². The van der Waals surface area contributed by atoms with Gasteiger partial charge >= 0.3 is 0 Å². The Kier molecular flexibility index (Phi) is 9.05. The van der Waals surface area contributed by atoms with Gasteiger partial charge in [0.15, 0.2) is 0 Å². The van der Waals surface area contributed by atoms with Crippen molar-refractivity contribution in [2.75, 3.05) is 33.8 Å². The van der Waals surface area contributed by atoms with Gasteiger partial charge in [-0.2, -0.15) is 0 Å². The Balaban J connectivity index is 0.00000162. The Morgan fingerprint density at radius 3 is 2.59 bits per heavy atom. The maximum atomic E-state index is 5.30. The summed E-state index contributed by atoms with van der Waals surface area (Å²) in [5.74, 6) is 2.08. The van der Waals surface area contributed by atoms with Crippen molar-refractivity contribution in [2.45, 2.75) is 32.2 Å². The van der Waals surface area contributed by atoms with Crippen LogP contribution < -0.4 is 4.74 Å². The molecule has 5 rings (SSSR count). The standard InChI is InChI=1S/C27H31N3OS.2ClH/c1-19-16-24-26(32-19)17-21-6-4-5-7-25(21)28-27(24)30-15-14-29(2)22(18-30)11-8-20-9-12-23(31-3)13-10-20;;/h4-7,9-10,12-13,16,22H,8,11,14-15,17-18H2,1-3H3;2*1H. The third kappa shape index (κ3) is 5.60. The van der Waals surface area contributed by atoms with Gasteiger partial charge in [-0.05, 0) is 62.2 Å². The molecule has 1 unspecified atom stereocenters. The van der Waals surface area contributed by atoms with Crippen molar-refractivity contribution in [1.29, 1.82) is 0 Å². The summed E-state index contributed by atoms with van der Waals surface area (Å²) in [6.45, 7) is 5.31. The molecule has 1 atom stereocenters. The van der Waals surface area contributed by atoms with Gasteiger partial charge in [0.05, 0.1) is 12.8 Å². The molecule has 3 heterocycles. The van der Waals surface area contributed by atoms with Crippen molar-refractivity contribution in [3.63, 3.8) is 0 Å². The van der Waals surface area contributed by atoms with Gasteiger partial charge in [-0.1, -0.05) is 30.3 Å². The lowest BCUT2D eigenvalue weighted by Crippen LogP contribution is -2.53. The van der Waals surface area contributed by atoms with Gasteiger partial charge < -0.3 is 9.64 Å². The number of ether oxygens (including phenoxy) is 1. The van der Waals surface area contributed by atoms with Crippen LogP contribution in [-0.2, 0) is 12.8 Å². The van der Waals surface area contributed by atoms with Crippen LogP contribution in [0.1, 0.15) is 32.9 Å². The quantitative estimate of drug-likeness (QED) is 0.415. The highest BCUT2D eigenvalue weighted by atomic mass is 35.5. The Bertz CT molecular complexity index is 1130. The molecule has 182 valence electrons. The van der Waals surface area contributed by atoms with Gasteiger partial charge in [-0.3, -0.25) is 4.90 Å². The Labute approximate surface area is 219 Å². The molecule has 0 amide bonds. The van der Waals surface area contributed by atoms with Crippen LogP contribution in [0.4, 0.5) is 5.69 Å². The molecule has 0 N–H and O–H groups in total. The number of piperazine rings is 1. The number of thiophene rings is 1. The van der Waals surface area contributed by atoms with Gasteiger partial charge in [-0.15, -0.1) is 36.2 Å². The summed E-state index contributed by atoms with van der Waals surface area (Å²) in [4.78, 5) is 13.1. The average molecular weight is 519 g/mol. The van der Waals surface area contributed by atoms with Crippen LogP contribution in [0.2, 0.25) is 0 Å². The number of methoxy groups -OCH3 is 1. The fourth-order valence-corrected chi connectivity index (χ4v) is 5.87. The van der Waals surface area contributed by atoms with Crippen LogP contribution >= 0.6 is 36.2 Å². The van der Waals surface area contributed by atoms with E-state index in [9.17, 15) is 0 Å². The minimum absolute atomic E-state index is 0. The van der Waals surface area contributed by atoms with Gasteiger partial charge in [-0.25, -0.2) is 4.99 Å². The van der Waals surface area contributed by atoms with Crippen LogP contribution in [0.25, 0.3) is 0 Å². The van der Waals surface area contributed by atoms with E-state index in [2.05, 4.69) is 78.4 Å². The first-order valence-corrected chi connectivity index (χ1v) is 12.3. The van der Waals surface area contributed by atoms with Crippen molar-refractivity contribution < 1.29 is 4.74 Å². The number of hydrogen-bond donors (Lipinski definition) is 0. The Hall–Kier alpha value is -2.05. The van der Waals surface area contributed by atoms with Crippen molar-refractivity contribution in [2.24, 2.45) is 4.99 Å². The van der Waals surface area contributed by atoms with Crippen LogP contribution in [0.15, 0.2) is 59.6 Å². The van der Waals surface area contributed by atoms with Crippen LogP contribution in [0.3, 0.4) is 0 Å². The highest BCUT2D eigenvalue weighted by Gasteiger charge is 2.29. The highest BCUT2D eigenvalue weighted by molar-refractivity contribution is 7.12. The van der Waals surface area contributed by atoms with Gasteiger partial charge in [0.2, 0.25) is 0 Å². The summed E-state index contributed by atoms with van der Waals surface area (Å²) in [6, 6.07) is 20.0. The molecule has 34 heavy (non-hydrogen) atoms. The predicted molar refractivity (Wildman–Crippen MR) is 148 cm³/mol. The second-order valence-electron chi connectivity index (χ2n) is 8.90. The van der Waals surface area contributed by atoms with Crippen molar-refractivity contribution >= 4 is 47.7 Å². The number of fused-ring (bicyclic) bond motifs is 2. The Morgan fingerprint density at radius 2 is 1.82 bits per heavy atom. The zero-order chi connectivity index (χ0) is 22.1. The van der Waals surface area contributed by atoms with E-state index in [-0.39, 0.29) is 24.8 Å². The smallest absolute Gasteiger partial charge is 0.137 e. The molecule has 1 saturated heterocycles. The number of aryl methyl sites for hydroxylation is 2. The van der Waals surface area contributed by atoms with E-state index in [1.807, 2.05) is 11.3 Å². The average Bonchev–Trinajstić information content (AvgIpc) is 3.10. The number of rotatable bonds is 4. The number of likely N-dealkylation sites (N-methyl/N-ethyl adjacent to an activating group) is 1. The molecule has 3 aromatic rings. The fraction of sp³-hybridized carbons (Fsp3) is 0.370. The van der Waals surface area contributed by atoms with E-state index in [4.69, 9.17) is 9.73 Å². The first-order chi connectivity index (χ1) is 15.6. The number of nitrogens with zero attached hydrogens (tertiary/aromatic N) is 3. The van der Waals surface area contributed by atoms with E-state index < -0.39 is 0 Å². The fourth-order valence-electron chi connectivity index (χ4n) is 4.82. The van der Waals surface area contributed by atoms with Crippen molar-refractivity contribution in [3.05, 3.63) is 81.0 Å². The minimum Gasteiger partial charge on any atom is -0.497 e. The molecule has 2 aromatic carbocycles. The van der Waals surface area contributed by atoms with E-state index in [1.54, 1.807) is 7.11 Å². The molecule has 2 aliphatic rings. The summed E-state index contributed by atoms with van der Waals surface area (Å²) < 4.78 is 5.30. The van der Waals surface area contributed by atoms with Crippen LogP contribution in [0, 0.1) is 6.92 Å². The summed E-state index contributed by atoms with van der Waals surface area (Å²) in [5, 5.41) is 0. The van der Waals surface area contributed by atoms with Crippen LogP contribution in [0.5, 0.6) is 5.75 Å². The van der Waals surface area contributed by atoms with E-state index in [0.717, 1.165) is 56.2 Å². The zero-order valence-corrected chi connectivity index (χ0v) is 22.4. The van der Waals surface area contributed by atoms with E-state index >= 15 is 0 Å². The topological polar surface area (TPSA) is 28.1 Å². The molecular formula is C27H33Cl2N3OS. The van der Waals surface area contributed by atoms with Gasteiger partial charge in [0.1, 0.15) is 11.6 Å². The summed E-state index contributed by atoms with van der Waals surface area (Å²) in [7, 11) is 3.98. The number of hydrogen-bond acceptors (Lipinski definition) is 5. The first-order valence-electron chi connectivity index (χ1n) is 11.4. The molecule has 0 spiro atoms. The molecular weight excluding hydrogens is 485 g/mol. The monoisotopic (exact) mass is 517 g/mol. The number of benzene rings is 2. The third-order valence-electron chi connectivity index (χ3n) is 6.74. The molecule has 0 radical (unpaired) electrons. The van der Waals surface area contributed by atoms with Crippen LogP contribution in [-0.4, -0.2) is 55.5 Å². The molecule has 0 bridgehead atoms. The predicted octanol–water partition coefficient (Wildman–Crippen LogP) is 6.14. The maximum absolute atomic E-state index is 5.30. The summed E-state index contributed by atoms with van der Waals surface area (Å²) >= 11 is 1.92. The summed E-state index contributed by atoms with van der Waals surface area (Å²) in [5.41, 5.74) is 5.16. The number of aliphatic imine (C=N–C) groups is 1. The molecule has 7 heteroatoms. The molecule has 0 aliphatic carbocycles. The Morgan fingerprint density at radius 1 is 1.06 bits per heavy atom. The molecule has 1 fully saturated rings. The van der Waals surface area contributed by atoms with E-state index in [1.165, 1.54) is 26.4 Å². The molecule has 4 nitrogen and oxygen atoms in total. The number of amidine groups is 1. The lowest BCUT2D eigenvalue weighted by atomic mass is 10.0. The van der Waals surface area contributed by atoms with Crippen molar-refractivity contribution in [1.82, 2.24) is 9.80 Å². The summed E-state index contributed by atoms with van der Waals surface area (Å²) in [6.07, 6.45) is 3.19. The second kappa shape index (κ2) is 11.6. The normalized spacial score (nSPS) is 17.4. The van der Waals surface area contributed by atoms with Crippen molar-refractivity contribution in [3.8, 4) is 5.75 Å². The lowest BCUT2D eigenvalue weighted by molar-refractivity contribution is 0.134. The van der Waals surface area contributed by atoms with Gasteiger partial charge in [0, 0.05) is 47.4 Å². The maximum Gasteiger partial charge on any atom is 0.137 e. The number of para-hydroxylation sites is 1. The van der Waals surface area contributed by atoms with Gasteiger partial charge in [0.25, 0.3) is 0 Å². The minimum atomic E-state index is 0. The molecule has 1 aromatic heterocycles. The molecule has 2 aliphatic heterocycles. The highest BCUT2D eigenvalue weighted by Crippen LogP contribution is 2.34.